The number of hydrogen-bond donors (Lipinski definition) is 2. The SMILES string of the molecule is O=C1CSc2ccc(C(=O)NCC(=O)OCc3ccccc3)cc2N1. The minimum absolute atomic E-state index is 0.0976. The van der Waals surface area contributed by atoms with Gasteiger partial charge in [0.25, 0.3) is 5.91 Å². The Kier molecular flexibility index (Phi) is 5.35. The molecule has 128 valence electrons. The van der Waals surface area contributed by atoms with Crippen LogP contribution < -0.4 is 10.6 Å². The first-order valence-corrected chi connectivity index (χ1v) is 8.65. The summed E-state index contributed by atoms with van der Waals surface area (Å²) >= 11 is 1.42. The zero-order valence-electron chi connectivity index (χ0n) is 13.3. The van der Waals surface area contributed by atoms with Gasteiger partial charge in [-0.2, -0.15) is 0 Å². The van der Waals surface area contributed by atoms with Crippen LogP contribution in [0.3, 0.4) is 0 Å². The van der Waals surface area contributed by atoms with Crippen LogP contribution in [0.1, 0.15) is 15.9 Å². The van der Waals surface area contributed by atoms with E-state index in [1.807, 2.05) is 30.3 Å². The average Bonchev–Trinajstić information content (AvgIpc) is 2.64. The topological polar surface area (TPSA) is 84.5 Å². The fraction of sp³-hybridized carbons (Fsp3) is 0.167. The zero-order chi connectivity index (χ0) is 17.6. The van der Waals surface area contributed by atoms with E-state index in [9.17, 15) is 14.4 Å². The van der Waals surface area contributed by atoms with Gasteiger partial charge >= 0.3 is 5.97 Å². The summed E-state index contributed by atoms with van der Waals surface area (Å²) in [6, 6.07) is 14.3. The summed E-state index contributed by atoms with van der Waals surface area (Å²) in [5.41, 5.74) is 1.86. The van der Waals surface area contributed by atoms with E-state index in [0.29, 0.717) is 17.0 Å². The van der Waals surface area contributed by atoms with Gasteiger partial charge in [0.1, 0.15) is 13.2 Å². The predicted octanol–water partition coefficient (Wildman–Crippen LogP) is 2.20. The van der Waals surface area contributed by atoms with Crippen molar-refractivity contribution in [2.45, 2.75) is 11.5 Å². The highest BCUT2D eigenvalue weighted by molar-refractivity contribution is 8.00. The van der Waals surface area contributed by atoms with Crippen LogP contribution in [0.2, 0.25) is 0 Å². The second-order valence-electron chi connectivity index (χ2n) is 5.38. The summed E-state index contributed by atoms with van der Waals surface area (Å²) in [7, 11) is 0. The predicted molar refractivity (Wildman–Crippen MR) is 94.4 cm³/mol. The van der Waals surface area contributed by atoms with Gasteiger partial charge in [-0.1, -0.05) is 30.3 Å². The van der Waals surface area contributed by atoms with E-state index in [4.69, 9.17) is 4.74 Å². The Morgan fingerprint density at radius 2 is 1.96 bits per heavy atom. The molecular weight excluding hydrogens is 340 g/mol. The Hall–Kier alpha value is -2.80. The van der Waals surface area contributed by atoms with Crippen molar-refractivity contribution in [1.29, 1.82) is 0 Å². The fourth-order valence-electron chi connectivity index (χ4n) is 2.27. The van der Waals surface area contributed by atoms with Crippen molar-refractivity contribution in [1.82, 2.24) is 5.32 Å². The molecule has 0 saturated carbocycles. The standard InChI is InChI=1S/C18H16N2O4S/c21-16-11-25-15-7-6-13(8-14(15)20-16)18(23)19-9-17(22)24-10-12-4-2-1-3-5-12/h1-8H,9-11H2,(H,19,23)(H,20,21). The number of carbonyl (C=O) groups excluding carboxylic acids is 3. The van der Waals surface area contributed by atoms with Crippen molar-refractivity contribution in [3.63, 3.8) is 0 Å². The van der Waals surface area contributed by atoms with Gasteiger partial charge in [0.05, 0.1) is 11.4 Å². The number of anilines is 1. The van der Waals surface area contributed by atoms with Crippen molar-refractivity contribution in [2.24, 2.45) is 0 Å². The number of carbonyl (C=O) groups is 3. The summed E-state index contributed by atoms with van der Waals surface area (Å²) in [4.78, 5) is 36.2. The van der Waals surface area contributed by atoms with Gasteiger partial charge in [0, 0.05) is 10.5 Å². The van der Waals surface area contributed by atoms with Gasteiger partial charge in [-0.25, -0.2) is 0 Å². The normalized spacial score (nSPS) is 12.7. The first kappa shape index (κ1) is 17.0. The average molecular weight is 356 g/mol. The second-order valence-corrected chi connectivity index (χ2v) is 6.39. The quantitative estimate of drug-likeness (QED) is 0.803. The number of ether oxygens (including phenoxy) is 1. The van der Waals surface area contributed by atoms with Crippen molar-refractivity contribution in [3.8, 4) is 0 Å². The van der Waals surface area contributed by atoms with E-state index in [-0.39, 0.29) is 19.1 Å². The first-order valence-electron chi connectivity index (χ1n) is 7.66. The number of amides is 2. The van der Waals surface area contributed by atoms with E-state index in [2.05, 4.69) is 10.6 Å². The summed E-state index contributed by atoms with van der Waals surface area (Å²) in [5, 5.41) is 5.25. The van der Waals surface area contributed by atoms with E-state index in [1.54, 1.807) is 18.2 Å². The van der Waals surface area contributed by atoms with Crippen LogP contribution in [0.5, 0.6) is 0 Å². The van der Waals surface area contributed by atoms with Gasteiger partial charge in [-0.15, -0.1) is 11.8 Å². The monoisotopic (exact) mass is 356 g/mol. The summed E-state index contributed by atoms with van der Waals surface area (Å²) < 4.78 is 5.10. The lowest BCUT2D eigenvalue weighted by Gasteiger charge is -2.16. The smallest absolute Gasteiger partial charge is 0.325 e. The van der Waals surface area contributed by atoms with Crippen molar-refractivity contribution in [3.05, 3.63) is 59.7 Å². The molecule has 0 saturated heterocycles. The number of nitrogens with one attached hydrogen (secondary N) is 2. The molecule has 0 unspecified atom stereocenters. The van der Waals surface area contributed by atoms with Crippen molar-refractivity contribution in [2.75, 3.05) is 17.6 Å². The van der Waals surface area contributed by atoms with Gasteiger partial charge in [-0.05, 0) is 23.8 Å². The summed E-state index contributed by atoms with van der Waals surface area (Å²) in [6.45, 7) is -0.0541. The molecule has 2 amide bonds. The Balaban J connectivity index is 1.51. The number of benzene rings is 2. The minimum atomic E-state index is -0.515. The van der Waals surface area contributed by atoms with Gasteiger partial charge in [0.2, 0.25) is 5.91 Å². The molecule has 1 heterocycles. The van der Waals surface area contributed by atoms with E-state index in [1.165, 1.54) is 11.8 Å². The van der Waals surface area contributed by atoms with Crippen LogP contribution in [0.25, 0.3) is 0 Å². The third-order valence-electron chi connectivity index (χ3n) is 3.51. The Morgan fingerprint density at radius 1 is 1.16 bits per heavy atom. The maximum atomic E-state index is 12.2. The molecule has 0 spiro atoms. The number of fused-ring (bicyclic) bond motifs is 1. The maximum absolute atomic E-state index is 12.2. The number of thioether (sulfide) groups is 1. The van der Waals surface area contributed by atoms with Crippen LogP contribution >= 0.6 is 11.8 Å². The molecule has 0 aliphatic carbocycles. The van der Waals surface area contributed by atoms with Gasteiger partial charge in [-0.3, -0.25) is 14.4 Å². The van der Waals surface area contributed by atoms with E-state index >= 15 is 0 Å². The van der Waals surface area contributed by atoms with E-state index in [0.717, 1.165) is 10.5 Å². The lowest BCUT2D eigenvalue weighted by atomic mass is 10.2. The molecule has 0 aromatic heterocycles. The largest absolute Gasteiger partial charge is 0.460 e. The van der Waals surface area contributed by atoms with E-state index < -0.39 is 11.9 Å². The molecule has 2 aromatic carbocycles. The number of esters is 1. The van der Waals surface area contributed by atoms with Crippen molar-refractivity contribution >= 4 is 35.2 Å². The van der Waals surface area contributed by atoms with Crippen molar-refractivity contribution < 1.29 is 19.1 Å². The third-order valence-corrected chi connectivity index (χ3v) is 4.58. The third kappa shape index (κ3) is 4.60. The fourth-order valence-corrected chi connectivity index (χ4v) is 3.06. The molecule has 0 atom stereocenters. The molecule has 6 nitrogen and oxygen atoms in total. The summed E-state index contributed by atoms with van der Waals surface area (Å²) in [5.74, 6) is -0.644. The highest BCUT2D eigenvalue weighted by atomic mass is 32.2. The highest BCUT2D eigenvalue weighted by Crippen LogP contribution is 2.31. The number of hydrogen-bond acceptors (Lipinski definition) is 5. The molecule has 0 fully saturated rings. The lowest BCUT2D eigenvalue weighted by molar-refractivity contribution is -0.143. The molecule has 2 aromatic rings. The minimum Gasteiger partial charge on any atom is -0.460 e. The molecule has 1 aliphatic heterocycles. The van der Waals surface area contributed by atoms with Crippen LogP contribution in [0.15, 0.2) is 53.4 Å². The second kappa shape index (κ2) is 7.85. The Morgan fingerprint density at radius 3 is 2.76 bits per heavy atom. The van der Waals surface area contributed by atoms with Gasteiger partial charge in [0.15, 0.2) is 0 Å². The van der Waals surface area contributed by atoms with Gasteiger partial charge < -0.3 is 15.4 Å². The molecular formula is C18H16N2O4S. The van der Waals surface area contributed by atoms with Crippen LogP contribution in [0, 0.1) is 0 Å². The zero-order valence-corrected chi connectivity index (χ0v) is 14.1. The molecule has 2 N–H and O–H groups in total. The number of rotatable bonds is 5. The first-order chi connectivity index (χ1) is 12.1. The molecule has 3 rings (SSSR count). The van der Waals surface area contributed by atoms with Crippen LogP contribution in [-0.2, 0) is 20.9 Å². The molecule has 25 heavy (non-hydrogen) atoms. The maximum Gasteiger partial charge on any atom is 0.325 e. The highest BCUT2D eigenvalue weighted by Gasteiger charge is 2.17. The Labute approximate surface area is 148 Å². The Bertz CT molecular complexity index is 808. The molecule has 1 aliphatic rings. The molecule has 0 radical (unpaired) electrons. The van der Waals surface area contributed by atoms with Crippen LogP contribution in [-0.4, -0.2) is 30.1 Å². The van der Waals surface area contributed by atoms with Crippen LogP contribution in [0.4, 0.5) is 5.69 Å². The molecule has 0 bridgehead atoms. The summed E-state index contributed by atoms with van der Waals surface area (Å²) in [6.07, 6.45) is 0. The lowest BCUT2D eigenvalue weighted by Crippen LogP contribution is -2.30. The molecule has 7 heteroatoms.